The Morgan fingerprint density at radius 2 is 1.76 bits per heavy atom. The lowest BCUT2D eigenvalue weighted by atomic mass is 10.2. The van der Waals surface area contributed by atoms with Gasteiger partial charge < -0.3 is 15.8 Å². The standard InChI is InChI=1S/C15H13IN2O3/c16-13-4-2-1-3-12(13)15(20)18-10-5-7-11(8-6-10)21-9-14(17)19/h1-8H,9H2,(H2,17,19)(H,18,20). The van der Waals surface area contributed by atoms with Crippen LogP contribution in [-0.2, 0) is 4.79 Å². The summed E-state index contributed by atoms with van der Waals surface area (Å²) in [4.78, 5) is 22.7. The van der Waals surface area contributed by atoms with Crippen LogP contribution in [-0.4, -0.2) is 18.4 Å². The minimum absolute atomic E-state index is 0.173. The third kappa shape index (κ3) is 4.45. The van der Waals surface area contributed by atoms with Crippen molar-refractivity contribution in [2.75, 3.05) is 11.9 Å². The Morgan fingerprint density at radius 1 is 1.10 bits per heavy atom. The van der Waals surface area contributed by atoms with Crippen molar-refractivity contribution in [3.05, 3.63) is 57.7 Å². The number of halogens is 1. The lowest BCUT2D eigenvalue weighted by Gasteiger charge is -2.08. The molecule has 2 aromatic carbocycles. The average Bonchev–Trinajstić information content (AvgIpc) is 2.47. The van der Waals surface area contributed by atoms with Crippen molar-refractivity contribution in [2.45, 2.75) is 0 Å². The zero-order valence-corrected chi connectivity index (χ0v) is 13.2. The van der Waals surface area contributed by atoms with E-state index in [2.05, 4.69) is 27.9 Å². The van der Waals surface area contributed by atoms with Crippen molar-refractivity contribution in [1.82, 2.24) is 0 Å². The SMILES string of the molecule is NC(=O)COc1ccc(NC(=O)c2ccccc2I)cc1. The first-order valence-electron chi connectivity index (χ1n) is 6.13. The van der Waals surface area contributed by atoms with Gasteiger partial charge in [-0.15, -0.1) is 0 Å². The molecule has 0 saturated heterocycles. The number of nitrogens with two attached hydrogens (primary N) is 1. The number of benzene rings is 2. The number of ether oxygens (including phenoxy) is 1. The third-order valence-electron chi connectivity index (χ3n) is 2.61. The fourth-order valence-corrected chi connectivity index (χ4v) is 2.27. The molecule has 0 fully saturated rings. The van der Waals surface area contributed by atoms with Gasteiger partial charge >= 0.3 is 0 Å². The van der Waals surface area contributed by atoms with E-state index in [1.165, 1.54) is 0 Å². The maximum Gasteiger partial charge on any atom is 0.256 e. The predicted octanol–water partition coefficient (Wildman–Crippen LogP) is 2.41. The van der Waals surface area contributed by atoms with Crippen LogP contribution in [0.5, 0.6) is 5.75 Å². The minimum Gasteiger partial charge on any atom is -0.484 e. The number of amides is 2. The van der Waals surface area contributed by atoms with Gasteiger partial charge in [0.15, 0.2) is 6.61 Å². The number of carbonyl (C=O) groups is 2. The Balaban J connectivity index is 2.02. The van der Waals surface area contributed by atoms with Crippen LogP contribution in [0.1, 0.15) is 10.4 Å². The molecular weight excluding hydrogens is 383 g/mol. The molecular formula is C15H13IN2O3. The maximum atomic E-state index is 12.1. The number of hydrogen-bond donors (Lipinski definition) is 2. The normalized spacial score (nSPS) is 9.95. The summed E-state index contributed by atoms with van der Waals surface area (Å²) in [6, 6.07) is 14.1. The second-order valence-electron chi connectivity index (χ2n) is 4.21. The molecule has 0 heterocycles. The molecule has 5 nitrogen and oxygen atoms in total. The summed E-state index contributed by atoms with van der Waals surface area (Å²) in [5.41, 5.74) is 6.26. The zero-order valence-electron chi connectivity index (χ0n) is 11.0. The zero-order chi connectivity index (χ0) is 15.2. The summed E-state index contributed by atoms with van der Waals surface area (Å²) in [7, 11) is 0. The Labute approximate surface area is 135 Å². The summed E-state index contributed by atoms with van der Waals surface area (Å²) in [6.07, 6.45) is 0. The summed E-state index contributed by atoms with van der Waals surface area (Å²) < 4.78 is 6.03. The lowest BCUT2D eigenvalue weighted by molar-refractivity contribution is -0.119. The van der Waals surface area contributed by atoms with Crippen LogP contribution in [0, 0.1) is 3.57 Å². The van der Waals surface area contributed by atoms with E-state index in [-0.39, 0.29) is 12.5 Å². The van der Waals surface area contributed by atoms with Crippen LogP contribution in [0.2, 0.25) is 0 Å². The highest BCUT2D eigenvalue weighted by atomic mass is 127. The molecule has 2 aromatic rings. The van der Waals surface area contributed by atoms with Gasteiger partial charge in [-0.3, -0.25) is 9.59 Å². The van der Waals surface area contributed by atoms with Crippen LogP contribution in [0.15, 0.2) is 48.5 Å². The van der Waals surface area contributed by atoms with E-state index in [9.17, 15) is 9.59 Å². The fraction of sp³-hybridized carbons (Fsp3) is 0.0667. The van der Waals surface area contributed by atoms with Crippen molar-refractivity contribution < 1.29 is 14.3 Å². The molecule has 0 aliphatic carbocycles. The van der Waals surface area contributed by atoms with E-state index in [1.807, 2.05) is 18.2 Å². The van der Waals surface area contributed by atoms with Gasteiger partial charge in [0.25, 0.3) is 11.8 Å². The van der Waals surface area contributed by atoms with Gasteiger partial charge in [0, 0.05) is 9.26 Å². The number of nitrogens with one attached hydrogen (secondary N) is 1. The second kappa shape index (κ2) is 7.07. The number of carbonyl (C=O) groups excluding carboxylic acids is 2. The van der Waals surface area contributed by atoms with Gasteiger partial charge in [0.05, 0.1) is 5.56 Å². The van der Waals surface area contributed by atoms with E-state index in [0.717, 1.165) is 3.57 Å². The predicted molar refractivity (Wildman–Crippen MR) is 88.2 cm³/mol. The molecule has 0 bridgehead atoms. The van der Waals surface area contributed by atoms with Crippen LogP contribution in [0.3, 0.4) is 0 Å². The molecule has 21 heavy (non-hydrogen) atoms. The molecule has 2 rings (SSSR count). The van der Waals surface area contributed by atoms with Crippen LogP contribution in [0.25, 0.3) is 0 Å². The maximum absolute atomic E-state index is 12.1. The van der Waals surface area contributed by atoms with Gasteiger partial charge in [-0.1, -0.05) is 12.1 Å². The highest BCUT2D eigenvalue weighted by molar-refractivity contribution is 14.1. The quantitative estimate of drug-likeness (QED) is 0.762. The number of primary amides is 1. The molecule has 0 saturated carbocycles. The van der Waals surface area contributed by atoms with Crippen LogP contribution < -0.4 is 15.8 Å². The molecule has 0 atom stereocenters. The average molecular weight is 396 g/mol. The first-order valence-corrected chi connectivity index (χ1v) is 7.21. The van der Waals surface area contributed by atoms with E-state index in [1.54, 1.807) is 30.3 Å². The Morgan fingerprint density at radius 3 is 2.38 bits per heavy atom. The first kappa shape index (κ1) is 15.3. The van der Waals surface area contributed by atoms with Crippen molar-refractivity contribution in [3.63, 3.8) is 0 Å². The Hall–Kier alpha value is -2.09. The molecule has 0 radical (unpaired) electrons. The van der Waals surface area contributed by atoms with Crippen molar-refractivity contribution in [3.8, 4) is 5.75 Å². The molecule has 0 aromatic heterocycles. The highest BCUT2D eigenvalue weighted by Gasteiger charge is 2.09. The summed E-state index contributed by atoms with van der Waals surface area (Å²) in [6.45, 7) is -0.173. The van der Waals surface area contributed by atoms with Gasteiger partial charge in [-0.2, -0.15) is 0 Å². The number of hydrogen-bond acceptors (Lipinski definition) is 3. The smallest absolute Gasteiger partial charge is 0.256 e. The van der Waals surface area contributed by atoms with Crippen molar-refractivity contribution in [2.24, 2.45) is 5.73 Å². The van der Waals surface area contributed by atoms with Crippen LogP contribution in [0.4, 0.5) is 5.69 Å². The van der Waals surface area contributed by atoms with Crippen LogP contribution >= 0.6 is 22.6 Å². The first-order chi connectivity index (χ1) is 10.1. The lowest BCUT2D eigenvalue weighted by Crippen LogP contribution is -2.20. The molecule has 0 aliphatic heterocycles. The van der Waals surface area contributed by atoms with Gasteiger partial charge in [0.2, 0.25) is 0 Å². The largest absolute Gasteiger partial charge is 0.484 e. The molecule has 6 heteroatoms. The number of anilines is 1. The molecule has 3 N–H and O–H groups in total. The van der Waals surface area contributed by atoms with E-state index in [4.69, 9.17) is 10.5 Å². The third-order valence-corrected chi connectivity index (χ3v) is 3.55. The fourth-order valence-electron chi connectivity index (χ4n) is 1.63. The van der Waals surface area contributed by atoms with E-state index in [0.29, 0.717) is 17.0 Å². The van der Waals surface area contributed by atoms with Crippen molar-refractivity contribution in [1.29, 1.82) is 0 Å². The number of rotatable bonds is 5. The molecule has 0 unspecified atom stereocenters. The van der Waals surface area contributed by atoms with Gasteiger partial charge in [-0.25, -0.2) is 0 Å². The van der Waals surface area contributed by atoms with Gasteiger partial charge in [0.1, 0.15) is 5.75 Å². The molecule has 108 valence electrons. The second-order valence-corrected chi connectivity index (χ2v) is 5.38. The summed E-state index contributed by atoms with van der Waals surface area (Å²) in [5.74, 6) is -0.196. The molecule has 0 aliphatic rings. The Bertz CT molecular complexity index is 656. The Kier molecular flexibility index (Phi) is 5.15. The van der Waals surface area contributed by atoms with Crippen molar-refractivity contribution >= 4 is 40.1 Å². The van der Waals surface area contributed by atoms with E-state index < -0.39 is 5.91 Å². The molecule has 0 spiro atoms. The van der Waals surface area contributed by atoms with E-state index >= 15 is 0 Å². The molecule has 2 amide bonds. The van der Waals surface area contributed by atoms with Gasteiger partial charge in [-0.05, 0) is 59.0 Å². The summed E-state index contributed by atoms with van der Waals surface area (Å²) in [5, 5.41) is 2.80. The minimum atomic E-state index is -0.536. The highest BCUT2D eigenvalue weighted by Crippen LogP contribution is 2.18. The monoisotopic (exact) mass is 396 g/mol. The topological polar surface area (TPSA) is 81.4 Å². The summed E-state index contributed by atoms with van der Waals surface area (Å²) >= 11 is 2.12.